The Morgan fingerprint density at radius 3 is 2.20 bits per heavy atom. The van der Waals surface area contributed by atoms with E-state index in [1.54, 1.807) is 6.07 Å². The molecular weight excluding hydrogens is 834 g/mol. The van der Waals surface area contributed by atoms with E-state index in [0.29, 0.717) is 9.13 Å². The van der Waals surface area contributed by atoms with Crippen molar-refractivity contribution in [3.8, 4) is 5.75 Å². The number of fused-ring (bicyclic) bond motifs is 1. The quantitative estimate of drug-likeness (QED) is 0.109. The van der Waals surface area contributed by atoms with Gasteiger partial charge in [-0.25, -0.2) is 9.59 Å². The van der Waals surface area contributed by atoms with Crippen molar-refractivity contribution in [3.63, 3.8) is 0 Å². The van der Waals surface area contributed by atoms with Gasteiger partial charge in [0.1, 0.15) is 11.5 Å². The Bertz CT molecular complexity index is 1430. The third-order valence-electron chi connectivity index (χ3n) is 4.49. The average Bonchev–Trinajstić information content (AvgIpc) is 2.74. The van der Waals surface area contributed by atoms with Crippen LogP contribution < -0.4 is 4.74 Å². The molecule has 1 atom stereocenters. The summed E-state index contributed by atoms with van der Waals surface area (Å²) in [7, 11) is -5.09. The molecule has 3 aromatic carbocycles. The second-order valence-corrected chi connectivity index (χ2v) is 12.0. The summed E-state index contributed by atoms with van der Waals surface area (Å²) in [6.45, 7) is 0. The average molecular weight is 846 g/mol. The van der Waals surface area contributed by atoms with E-state index in [2.05, 4.69) is 49.9 Å². The molecule has 1 N–H and O–H groups in total. The Morgan fingerprint density at radius 2 is 1.57 bits per heavy atom. The normalized spacial score (nSPS) is 12.9. The standard InChI is InChI=1S/C21H12F3I3O7S/c22-21(23,24)17(9-35(30,31)32)34-19(28)13-5-1-4-12-11(13)3-2-6-16(12)33-20(29)14-7-10(25)8-15(26)18(14)27/h1-8,17H,9H2,(H,30,31,32). The molecule has 0 aliphatic heterocycles. The fourth-order valence-electron chi connectivity index (χ4n) is 2.99. The molecule has 35 heavy (non-hydrogen) atoms. The van der Waals surface area contributed by atoms with Gasteiger partial charge in [0.2, 0.25) is 6.10 Å². The molecule has 0 radical (unpaired) electrons. The largest absolute Gasteiger partial charge is 0.448 e. The summed E-state index contributed by atoms with van der Waals surface area (Å²) in [5.74, 6) is -3.93. The van der Waals surface area contributed by atoms with Gasteiger partial charge in [-0.05, 0) is 97.4 Å². The summed E-state index contributed by atoms with van der Waals surface area (Å²) in [4.78, 5) is 25.4. The molecule has 7 nitrogen and oxygen atoms in total. The number of benzene rings is 3. The van der Waals surface area contributed by atoms with Crippen molar-refractivity contribution in [2.75, 3.05) is 5.75 Å². The minimum absolute atomic E-state index is 0.0529. The lowest BCUT2D eigenvalue weighted by molar-refractivity contribution is -0.197. The van der Waals surface area contributed by atoms with Crippen molar-refractivity contribution >= 4 is 101 Å². The lowest BCUT2D eigenvalue weighted by Gasteiger charge is -2.20. The lowest BCUT2D eigenvalue weighted by Crippen LogP contribution is -2.39. The Labute approximate surface area is 237 Å². The molecule has 0 aromatic heterocycles. The van der Waals surface area contributed by atoms with Gasteiger partial charge in [-0.2, -0.15) is 21.6 Å². The summed E-state index contributed by atoms with van der Waals surface area (Å²) in [6, 6.07) is 11.9. The van der Waals surface area contributed by atoms with E-state index >= 15 is 0 Å². The van der Waals surface area contributed by atoms with Crippen LogP contribution in [0.1, 0.15) is 20.7 Å². The number of carbonyl (C=O) groups excluding carboxylic acids is 2. The van der Waals surface area contributed by atoms with Crippen LogP contribution in [0.15, 0.2) is 48.5 Å². The van der Waals surface area contributed by atoms with E-state index in [9.17, 15) is 31.2 Å². The molecule has 0 aliphatic carbocycles. The zero-order valence-corrected chi connectivity index (χ0v) is 24.3. The predicted octanol–water partition coefficient (Wildman–Crippen LogP) is 5.85. The van der Waals surface area contributed by atoms with Gasteiger partial charge in [-0.1, -0.05) is 24.3 Å². The molecule has 0 aliphatic rings. The molecule has 0 heterocycles. The molecule has 0 saturated carbocycles. The number of alkyl halides is 3. The maximum absolute atomic E-state index is 13.2. The lowest BCUT2D eigenvalue weighted by atomic mass is 10.0. The van der Waals surface area contributed by atoms with E-state index in [-0.39, 0.29) is 22.1 Å². The minimum Gasteiger partial charge on any atom is -0.448 e. The van der Waals surface area contributed by atoms with Crippen molar-refractivity contribution < 1.29 is 45.2 Å². The fraction of sp³-hybridized carbons (Fsp3) is 0.143. The number of halogens is 6. The molecule has 0 bridgehead atoms. The number of carbonyl (C=O) groups is 2. The van der Waals surface area contributed by atoms with Crippen LogP contribution >= 0.6 is 67.8 Å². The molecule has 0 amide bonds. The minimum atomic E-state index is -5.24. The first-order chi connectivity index (χ1) is 16.2. The third-order valence-corrected chi connectivity index (χ3v) is 8.89. The molecule has 1 unspecified atom stereocenters. The summed E-state index contributed by atoms with van der Waals surface area (Å²) >= 11 is 6.16. The molecule has 186 valence electrons. The van der Waals surface area contributed by atoms with Crippen molar-refractivity contribution in [1.29, 1.82) is 0 Å². The predicted molar refractivity (Wildman–Crippen MR) is 145 cm³/mol. The van der Waals surface area contributed by atoms with Crippen LogP contribution in [0.4, 0.5) is 13.2 Å². The van der Waals surface area contributed by atoms with Gasteiger partial charge in [-0.15, -0.1) is 0 Å². The zero-order valence-electron chi connectivity index (χ0n) is 17.0. The number of ether oxygens (including phenoxy) is 2. The summed E-state index contributed by atoms with van der Waals surface area (Å²) in [5, 5.41) is 0.353. The highest BCUT2D eigenvalue weighted by atomic mass is 127. The van der Waals surface area contributed by atoms with E-state index in [1.807, 2.05) is 28.7 Å². The monoisotopic (exact) mass is 846 g/mol. The molecular formula is C21H12F3I3O7S. The fourth-order valence-corrected chi connectivity index (χ4v) is 6.00. The van der Waals surface area contributed by atoms with Gasteiger partial charge < -0.3 is 9.47 Å². The van der Waals surface area contributed by atoms with Gasteiger partial charge in [0, 0.05) is 16.1 Å². The smallest absolute Gasteiger partial charge is 0.426 e. The van der Waals surface area contributed by atoms with Gasteiger partial charge in [-0.3, -0.25) is 4.55 Å². The van der Waals surface area contributed by atoms with Gasteiger partial charge in [0.05, 0.1) is 11.1 Å². The Hall–Kier alpha value is -1.25. The maximum Gasteiger partial charge on any atom is 0.426 e. The van der Waals surface area contributed by atoms with Gasteiger partial charge >= 0.3 is 18.1 Å². The van der Waals surface area contributed by atoms with Crippen molar-refractivity contribution in [2.45, 2.75) is 12.3 Å². The van der Waals surface area contributed by atoms with Crippen LogP contribution in [0.25, 0.3) is 10.8 Å². The van der Waals surface area contributed by atoms with Crippen LogP contribution in [0, 0.1) is 10.7 Å². The first-order valence-corrected chi connectivity index (χ1v) is 14.1. The third kappa shape index (κ3) is 7.16. The second kappa shape index (κ2) is 11.0. The molecule has 3 rings (SSSR count). The number of rotatable bonds is 6. The van der Waals surface area contributed by atoms with Crippen LogP contribution in [0.3, 0.4) is 0 Å². The highest BCUT2D eigenvalue weighted by Gasteiger charge is 2.45. The van der Waals surface area contributed by atoms with Gasteiger partial charge in [0.15, 0.2) is 0 Å². The summed E-state index contributed by atoms with van der Waals surface area (Å²) in [6.07, 6.45) is -8.31. The first-order valence-electron chi connectivity index (χ1n) is 9.28. The first kappa shape index (κ1) is 28.3. The molecule has 0 fully saturated rings. The number of hydrogen-bond acceptors (Lipinski definition) is 6. The molecule has 14 heteroatoms. The molecule has 0 saturated heterocycles. The highest BCUT2D eigenvalue weighted by Crippen LogP contribution is 2.32. The van der Waals surface area contributed by atoms with Crippen molar-refractivity contribution in [2.24, 2.45) is 0 Å². The van der Waals surface area contributed by atoms with E-state index in [0.717, 1.165) is 7.14 Å². The topological polar surface area (TPSA) is 107 Å². The maximum atomic E-state index is 13.2. The highest BCUT2D eigenvalue weighted by molar-refractivity contribution is 14.1. The summed E-state index contributed by atoms with van der Waals surface area (Å²) in [5.41, 5.74) is -0.00363. The molecule has 3 aromatic rings. The molecule has 0 spiro atoms. The Kier molecular flexibility index (Phi) is 8.91. The second-order valence-electron chi connectivity index (χ2n) is 6.98. The Balaban J connectivity index is 1.97. The van der Waals surface area contributed by atoms with Crippen LogP contribution in [0.2, 0.25) is 0 Å². The van der Waals surface area contributed by atoms with E-state index in [4.69, 9.17) is 9.29 Å². The van der Waals surface area contributed by atoms with Crippen LogP contribution in [0.5, 0.6) is 5.75 Å². The van der Waals surface area contributed by atoms with Crippen molar-refractivity contribution in [1.82, 2.24) is 0 Å². The van der Waals surface area contributed by atoms with Crippen molar-refractivity contribution in [3.05, 3.63) is 70.4 Å². The zero-order chi connectivity index (χ0) is 26.1. The number of hydrogen-bond donors (Lipinski definition) is 1. The van der Waals surface area contributed by atoms with Crippen LogP contribution in [-0.4, -0.2) is 42.9 Å². The summed E-state index contributed by atoms with van der Waals surface area (Å²) < 4.78 is 82.6. The van der Waals surface area contributed by atoms with Gasteiger partial charge in [0.25, 0.3) is 10.1 Å². The number of esters is 2. The van der Waals surface area contributed by atoms with E-state index in [1.165, 1.54) is 36.4 Å². The Morgan fingerprint density at radius 1 is 0.943 bits per heavy atom. The van der Waals surface area contributed by atoms with E-state index < -0.39 is 40.1 Å². The SMILES string of the molecule is O=C(Oc1cccc2c(C(=O)OC(CS(=O)(=O)O)C(F)(F)F)cccc12)c1cc(I)cc(I)c1I. The van der Waals surface area contributed by atoms with Crippen LogP contribution in [-0.2, 0) is 14.9 Å².